The quantitative estimate of drug-likeness (QED) is 0.239. The number of phosphoric ester groups is 1. The second kappa shape index (κ2) is 15.6. The van der Waals surface area contributed by atoms with Gasteiger partial charge in [-0.1, -0.05) is 0 Å². The zero-order valence-electron chi connectivity index (χ0n) is 16.1. The smallest absolute Gasteiger partial charge is 0.790 e. The molecule has 1 aliphatic rings. The SMILES string of the molecule is Nc1ccn([C@@H]2O[C@H](COP(=O)([O-])OP(=O)([O-])[O-])[C@@H](O)[C@H]2O)c(=O)n1.O.O.[Na+].[Na+].[Na+]. The van der Waals surface area contributed by atoms with Crippen LogP contribution in [0.3, 0.4) is 0 Å². The Bertz CT molecular complexity index is 795. The maximum absolute atomic E-state index is 11.7. The van der Waals surface area contributed by atoms with Crippen molar-refractivity contribution >= 4 is 21.5 Å². The van der Waals surface area contributed by atoms with Gasteiger partial charge in [0.2, 0.25) is 0 Å². The van der Waals surface area contributed by atoms with Gasteiger partial charge in [-0.3, -0.25) is 13.4 Å². The van der Waals surface area contributed by atoms with Gasteiger partial charge in [0.1, 0.15) is 24.1 Å². The Morgan fingerprint density at radius 3 is 2.17 bits per heavy atom. The van der Waals surface area contributed by atoms with Crippen LogP contribution in [0, 0.1) is 0 Å². The van der Waals surface area contributed by atoms with E-state index in [0.717, 1.165) is 10.8 Å². The fourth-order valence-corrected chi connectivity index (χ4v) is 3.52. The molecular weight excluding hydrogens is 489 g/mol. The molecule has 0 aliphatic carbocycles. The number of nitrogens with two attached hydrogens (primary N) is 1. The Kier molecular flexibility index (Phi) is 20.3. The third-order valence-corrected chi connectivity index (χ3v) is 5.13. The largest absolute Gasteiger partial charge is 1.00 e. The van der Waals surface area contributed by atoms with E-state index in [0.29, 0.717) is 0 Å². The van der Waals surface area contributed by atoms with Crippen molar-refractivity contribution in [2.24, 2.45) is 0 Å². The molecule has 16 nitrogen and oxygen atoms in total. The molecular formula is C9H16N3Na3O13P2. The predicted octanol–water partition coefficient (Wildman–Crippen LogP) is -14.9. The van der Waals surface area contributed by atoms with Gasteiger partial charge >= 0.3 is 94.4 Å². The molecule has 0 bridgehead atoms. The van der Waals surface area contributed by atoms with Crippen LogP contribution in [0.1, 0.15) is 6.23 Å². The topological polar surface area (TPSA) is 295 Å². The normalized spacial score (nSPS) is 24.6. The zero-order valence-corrected chi connectivity index (χ0v) is 23.9. The second-order valence-electron chi connectivity index (χ2n) is 4.86. The fraction of sp³-hybridized carbons (Fsp3) is 0.556. The summed E-state index contributed by atoms with van der Waals surface area (Å²) in [6.45, 7) is -0.993. The van der Waals surface area contributed by atoms with E-state index in [-0.39, 0.29) is 105 Å². The number of anilines is 1. The van der Waals surface area contributed by atoms with E-state index < -0.39 is 52.5 Å². The predicted molar refractivity (Wildman–Crippen MR) is 78.3 cm³/mol. The van der Waals surface area contributed by atoms with E-state index in [1.54, 1.807) is 0 Å². The Hall–Kier alpha value is 1.74. The van der Waals surface area contributed by atoms with Gasteiger partial charge in [0.25, 0.3) is 7.82 Å². The summed E-state index contributed by atoms with van der Waals surface area (Å²) in [7, 11) is -11.4. The number of nitrogen functional groups attached to an aromatic ring is 1. The molecule has 0 amide bonds. The van der Waals surface area contributed by atoms with Gasteiger partial charge in [-0.25, -0.2) is 4.79 Å². The van der Waals surface area contributed by atoms with Gasteiger partial charge in [0.05, 0.1) is 14.4 Å². The molecule has 1 fully saturated rings. The Labute approximate surface area is 235 Å². The van der Waals surface area contributed by atoms with Crippen molar-refractivity contribution < 1.29 is 147 Å². The van der Waals surface area contributed by atoms with Gasteiger partial charge in [-0.15, -0.1) is 0 Å². The summed E-state index contributed by atoms with van der Waals surface area (Å²) < 4.78 is 34.7. The minimum absolute atomic E-state index is 0. The summed E-state index contributed by atoms with van der Waals surface area (Å²) >= 11 is 0. The first kappa shape index (κ1) is 39.0. The van der Waals surface area contributed by atoms with E-state index in [1.165, 1.54) is 6.07 Å². The molecule has 1 aromatic heterocycles. The third-order valence-electron chi connectivity index (χ3n) is 3.06. The molecule has 1 saturated heterocycles. The van der Waals surface area contributed by atoms with E-state index >= 15 is 0 Å². The Morgan fingerprint density at radius 1 is 1.17 bits per heavy atom. The molecule has 0 saturated carbocycles. The van der Waals surface area contributed by atoms with Crippen LogP contribution in [0.4, 0.5) is 5.82 Å². The number of aromatic nitrogens is 2. The van der Waals surface area contributed by atoms with Crippen molar-refractivity contribution in [1.29, 1.82) is 0 Å². The van der Waals surface area contributed by atoms with Crippen LogP contribution in [-0.2, 0) is 22.7 Å². The van der Waals surface area contributed by atoms with Crippen molar-refractivity contribution in [3.63, 3.8) is 0 Å². The monoisotopic (exact) mass is 505 g/mol. The molecule has 0 aromatic carbocycles. The Morgan fingerprint density at radius 2 is 1.70 bits per heavy atom. The third kappa shape index (κ3) is 11.2. The molecule has 1 aromatic rings. The van der Waals surface area contributed by atoms with Crippen LogP contribution in [-0.4, -0.2) is 55.6 Å². The number of rotatable bonds is 6. The van der Waals surface area contributed by atoms with Crippen LogP contribution in [0.2, 0.25) is 0 Å². The molecule has 0 spiro atoms. The molecule has 30 heavy (non-hydrogen) atoms. The van der Waals surface area contributed by atoms with Crippen LogP contribution in [0.15, 0.2) is 17.1 Å². The summed E-state index contributed by atoms with van der Waals surface area (Å²) in [5, 5.41) is 19.8. The van der Waals surface area contributed by atoms with Gasteiger partial charge < -0.3 is 55.4 Å². The van der Waals surface area contributed by atoms with Gasteiger partial charge in [-0.05, 0) is 6.07 Å². The molecule has 21 heteroatoms. The molecule has 2 heterocycles. The van der Waals surface area contributed by atoms with E-state index in [2.05, 4.69) is 13.8 Å². The second-order valence-corrected chi connectivity index (χ2v) is 7.56. The van der Waals surface area contributed by atoms with Crippen LogP contribution >= 0.6 is 15.6 Å². The summed E-state index contributed by atoms with van der Waals surface area (Å²) in [5.74, 6) is -0.0988. The molecule has 2 rings (SSSR count). The van der Waals surface area contributed by atoms with E-state index in [4.69, 9.17) is 10.5 Å². The van der Waals surface area contributed by atoms with Gasteiger partial charge in [0.15, 0.2) is 6.23 Å². The number of hydrogen-bond acceptors (Lipinski definition) is 13. The summed E-state index contributed by atoms with van der Waals surface area (Å²) in [6, 6.07) is 1.22. The van der Waals surface area contributed by atoms with Crippen molar-refractivity contribution in [3.05, 3.63) is 22.7 Å². The van der Waals surface area contributed by atoms with Crippen LogP contribution in [0.5, 0.6) is 0 Å². The maximum atomic E-state index is 11.7. The fourth-order valence-electron chi connectivity index (χ4n) is 2.03. The molecule has 1 unspecified atom stereocenters. The molecule has 5 atom stereocenters. The van der Waals surface area contributed by atoms with Crippen LogP contribution in [0.25, 0.3) is 0 Å². The van der Waals surface area contributed by atoms with Crippen molar-refractivity contribution in [3.8, 4) is 0 Å². The number of ether oxygens (including phenoxy) is 1. The average molecular weight is 505 g/mol. The minimum Gasteiger partial charge on any atom is -0.790 e. The number of nitrogens with zero attached hydrogens (tertiary/aromatic N) is 2. The number of aliphatic hydroxyl groups excluding tert-OH is 2. The van der Waals surface area contributed by atoms with E-state index in [1.807, 2.05) is 0 Å². The molecule has 1 aliphatic heterocycles. The van der Waals surface area contributed by atoms with Crippen molar-refractivity contribution in [2.75, 3.05) is 12.3 Å². The maximum Gasteiger partial charge on any atom is 1.00 e. The molecule has 8 N–H and O–H groups in total. The summed E-state index contributed by atoms with van der Waals surface area (Å²) in [5.41, 5.74) is 4.40. The number of aliphatic hydroxyl groups is 2. The summed E-state index contributed by atoms with van der Waals surface area (Å²) in [6.07, 6.45) is -5.19. The van der Waals surface area contributed by atoms with Crippen molar-refractivity contribution in [2.45, 2.75) is 24.5 Å². The zero-order chi connectivity index (χ0) is 19.0. The van der Waals surface area contributed by atoms with Crippen molar-refractivity contribution in [1.82, 2.24) is 9.55 Å². The standard InChI is InChI=1S/C9H15N3O11P2.3Na.2H2O/c10-5-1-2-12(9(15)11-5)8-7(14)6(13)4(22-8)3-21-25(19,20)23-24(16,17)18;;;;;/h1-2,4,6-8,13-14H,3H2,(H,19,20)(H2,10,11,15)(H2,16,17,18);;;;2*1H2/q;3*+1;;/p-3/t4-,6-,7-,8-;;;;;/m1...../s1. The average Bonchev–Trinajstić information content (AvgIpc) is 2.71. The Balaban J connectivity index is -0.000000676. The van der Waals surface area contributed by atoms with Gasteiger partial charge in [-0.2, -0.15) is 4.98 Å². The number of phosphoric acid groups is 2. The molecule has 158 valence electrons. The first-order chi connectivity index (χ1) is 11.4. The van der Waals surface area contributed by atoms with E-state index in [9.17, 15) is 38.8 Å². The molecule has 0 radical (unpaired) electrons. The van der Waals surface area contributed by atoms with Crippen LogP contribution < -0.4 is 115 Å². The van der Waals surface area contributed by atoms with Gasteiger partial charge in [0, 0.05) is 6.20 Å². The summed E-state index contributed by atoms with van der Waals surface area (Å²) in [4.78, 5) is 46.8. The first-order valence-electron chi connectivity index (χ1n) is 6.45. The number of hydrogen-bond donors (Lipinski definition) is 3. The minimum atomic E-state index is -5.87. The first-order valence-corrected chi connectivity index (χ1v) is 9.37.